The number of furan rings is 1. The van der Waals surface area contributed by atoms with Crippen LogP contribution in [0.1, 0.15) is 11.5 Å². The molecule has 3 nitrogen and oxygen atoms in total. The summed E-state index contributed by atoms with van der Waals surface area (Å²) in [6, 6.07) is 7.74. The Morgan fingerprint density at radius 3 is 3.00 bits per heavy atom. The monoisotopic (exact) mass is 187 g/mol. The zero-order chi connectivity index (χ0) is 9.54. The highest BCUT2D eigenvalue weighted by Gasteiger charge is 2.30. The third kappa shape index (κ3) is 0.894. The summed E-state index contributed by atoms with van der Waals surface area (Å²) in [5.41, 5.74) is 1.92. The highest BCUT2D eigenvalue weighted by atomic mass is 16.3. The van der Waals surface area contributed by atoms with Crippen molar-refractivity contribution in [2.24, 2.45) is 0 Å². The molecule has 1 aliphatic rings. The lowest BCUT2D eigenvalue weighted by molar-refractivity contribution is -0.127. The standard InChI is InChI=1S/C11H9NO2/c13-11-9(6-12-11)7-2-1-3-10-8(7)4-5-14-10/h1-5,9H,6H2,(H,12,13). The number of β-lactam (4-membered cyclic amide) rings is 1. The summed E-state index contributed by atoms with van der Waals surface area (Å²) in [5.74, 6) is 0.120. The van der Waals surface area contributed by atoms with E-state index in [1.807, 2.05) is 24.3 Å². The van der Waals surface area contributed by atoms with Crippen LogP contribution in [-0.4, -0.2) is 12.5 Å². The van der Waals surface area contributed by atoms with E-state index in [2.05, 4.69) is 5.32 Å². The number of hydrogen-bond donors (Lipinski definition) is 1. The fourth-order valence-electron chi connectivity index (χ4n) is 1.86. The van der Waals surface area contributed by atoms with E-state index in [-0.39, 0.29) is 11.8 Å². The molecule has 0 aliphatic carbocycles. The maximum atomic E-state index is 11.3. The van der Waals surface area contributed by atoms with E-state index < -0.39 is 0 Å². The van der Waals surface area contributed by atoms with Crippen molar-refractivity contribution >= 4 is 16.9 Å². The summed E-state index contributed by atoms with van der Waals surface area (Å²) in [6.45, 7) is 0.739. The van der Waals surface area contributed by atoms with E-state index in [0.29, 0.717) is 0 Å². The Bertz CT molecular complexity index is 501. The highest BCUT2D eigenvalue weighted by Crippen LogP contribution is 2.29. The molecule has 3 heteroatoms. The third-order valence-corrected chi connectivity index (χ3v) is 2.70. The molecule has 0 spiro atoms. The van der Waals surface area contributed by atoms with Crippen LogP contribution in [0.25, 0.3) is 11.0 Å². The molecule has 0 radical (unpaired) electrons. The maximum Gasteiger partial charge on any atom is 0.229 e. The normalized spacial score (nSPS) is 20.6. The van der Waals surface area contributed by atoms with Crippen LogP contribution in [0.5, 0.6) is 0 Å². The molecule has 1 aromatic heterocycles. The lowest BCUT2D eigenvalue weighted by Gasteiger charge is -2.26. The van der Waals surface area contributed by atoms with Crippen molar-refractivity contribution in [3.05, 3.63) is 36.1 Å². The summed E-state index contributed by atoms with van der Waals surface area (Å²) in [6.07, 6.45) is 1.66. The lowest BCUT2D eigenvalue weighted by Crippen LogP contribution is -2.46. The molecule has 14 heavy (non-hydrogen) atoms. The molecule has 2 aromatic rings. The Balaban J connectivity index is 2.20. The summed E-state index contributed by atoms with van der Waals surface area (Å²) >= 11 is 0. The molecule has 1 amide bonds. The zero-order valence-electron chi connectivity index (χ0n) is 7.49. The topological polar surface area (TPSA) is 42.2 Å². The fourth-order valence-corrected chi connectivity index (χ4v) is 1.86. The Hall–Kier alpha value is -1.77. The molecule has 2 heterocycles. The van der Waals surface area contributed by atoms with Gasteiger partial charge in [-0.15, -0.1) is 0 Å². The molecular formula is C11H9NO2. The van der Waals surface area contributed by atoms with E-state index in [4.69, 9.17) is 4.42 Å². The first kappa shape index (κ1) is 7.62. The minimum absolute atomic E-state index is 0.0105. The quantitative estimate of drug-likeness (QED) is 0.689. The first-order valence-electron chi connectivity index (χ1n) is 4.60. The molecule has 1 unspecified atom stereocenters. The molecule has 1 aliphatic heterocycles. The van der Waals surface area contributed by atoms with E-state index in [1.165, 1.54) is 0 Å². The van der Waals surface area contributed by atoms with Crippen LogP contribution in [0.3, 0.4) is 0 Å². The van der Waals surface area contributed by atoms with Gasteiger partial charge in [-0.25, -0.2) is 0 Å². The summed E-state index contributed by atoms with van der Waals surface area (Å²) in [7, 11) is 0. The van der Waals surface area contributed by atoms with E-state index in [9.17, 15) is 4.79 Å². The fraction of sp³-hybridized carbons (Fsp3) is 0.182. The van der Waals surface area contributed by atoms with Gasteiger partial charge in [-0.2, -0.15) is 0 Å². The lowest BCUT2D eigenvalue weighted by atomic mass is 9.90. The number of amides is 1. The van der Waals surface area contributed by atoms with E-state index in [0.717, 1.165) is 23.1 Å². The number of hydrogen-bond acceptors (Lipinski definition) is 2. The number of carbonyl (C=O) groups excluding carboxylic acids is 1. The van der Waals surface area contributed by atoms with Crippen molar-refractivity contribution in [1.82, 2.24) is 5.32 Å². The van der Waals surface area contributed by atoms with Crippen LogP contribution in [0.2, 0.25) is 0 Å². The second-order valence-electron chi connectivity index (χ2n) is 3.48. The summed E-state index contributed by atoms with van der Waals surface area (Å²) < 4.78 is 5.28. The average molecular weight is 187 g/mol. The van der Waals surface area contributed by atoms with Gasteiger partial charge in [-0.05, 0) is 17.7 Å². The van der Waals surface area contributed by atoms with Crippen molar-refractivity contribution in [1.29, 1.82) is 0 Å². The van der Waals surface area contributed by atoms with Crippen molar-refractivity contribution in [3.63, 3.8) is 0 Å². The molecule has 1 fully saturated rings. The van der Waals surface area contributed by atoms with Crippen LogP contribution in [-0.2, 0) is 4.79 Å². The van der Waals surface area contributed by atoms with Gasteiger partial charge >= 0.3 is 0 Å². The van der Waals surface area contributed by atoms with E-state index >= 15 is 0 Å². The molecule has 1 atom stereocenters. The molecule has 0 saturated carbocycles. The van der Waals surface area contributed by atoms with Crippen LogP contribution < -0.4 is 5.32 Å². The van der Waals surface area contributed by atoms with Gasteiger partial charge in [0.05, 0.1) is 12.2 Å². The van der Waals surface area contributed by atoms with Gasteiger partial charge in [0, 0.05) is 11.9 Å². The van der Waals surface area contributed by atoms with Crippen LogP contribution >= 0.6 is 0 Å². The number of rotatable bonds is 1. The van der Waals surface area contributed by atoms with Gasteiger partial charge in [-0.3, -0.25) is 4.79 Å². The van der Waals surface area contributed by atoms with E-state index in [1.54, 1.807) is 6.26 Å². The Morgan fingerprint density at radius 1 is 1.36 bits per heavy atom. The van der Waals surface area contributed by atoms with Crippen molar-refractivity contribution in [2.75, 3.05) is 6.54 Å². The minimum atomic E-state index is 0.0105. The smallest absolute Gasteiger partial charge is 0.229 e. The molecule has 70 valence electrons. The first-order valence-corrected chi connectivity index (χ1v) is 4.60. The number of nitrogens with one attached hydrogen (secondary N) is 1. The van der Waals surface area contributed by atoms with Crippen molar-refractivity contribution in [3.8, 4) is 0 Å². The molecule has 3 rings (SSSR count). The second kappa shape index (κ2) is 2.61. The maximum absolute atomic E-state index is 11.3. The molecule has 0 bridgehead atoms. The molecule has 1 N–H and O–H groups in total. The van der Waals surface area contributed by atoms with Gasteiger partial charge in [0.15, 0.2) is 0 Å². The number of carbonyl (C=O) groups is 1. The largest absolute Gasteiger partial charge is 0.464 e. The molecule has 1 saturated heterocycles. The van der Waals surface area contributed by atoms with Gasteiger partial charge in [0.25, 0.3) is 0 Å². The first-order chi connectivity index (χ1) is 6.86. The number of benzene rings is 1. The van der Waals surface area contributed by atoms with Gasteiger partial charge in [0.2, 0.25) is 5.91 Å². The predicted molar refractivity (Wildman–Crippen MR) is 52.0 cm³/mol. The predicted octanol–water partition coefficient (Wildman–Crippen LogP) is 1.65. The van der Waals surface area contributed by atoms with Gasteiger partial charge in [0.1, 0.15) is 5.58 Å². The van der Waals surface area contributed by atoms with Gasteiger partial charge in [-0.1, -0.05) is 12.1 Å². The third-order valence-electron chi connectivity index (χ3n) is 2.70. The Morgan fingerprint density at radius 2 is 2.29 bits per heavy atom. The molecule has 1 aromatic carbocycles. The van der Waals surface area contributed by atoms with Crippen LogP contribution in [0.4, 0.5) is 0 Å². The number of fused-ring (bicyclic) bond motifs is 1. The van der Waals surface area contributed by atoms with Gasteiger partial charge < -0.3 is 9.73 Å². The van der Waals surface area contributed by atoms with Crippen molar-refractivity contribution < 1.29 is 9.21 Å². The van der Waals surface area contributed by atoms with Crippen LogP contribution in [0, 0.1) is 0 Å². The molecular weight excluding hydrogens is 178 g/mol. The Kier molecular flexibility index (Phi) is 1.42. The SMILES string of the molecule is O=C1NCC1c1cccc2occc12. The summed E-state index contributed by atoms with van der Waals surface area (Å²) in [4.78, 5) is 11.3. The summed E-state index contributed by atoms with van der Waals surface area (Å²) in [5, 5.41) is 3.79. The zero-order valence-corrected chi connectivity index (χ0v) is 7.49. The highest BCUT2D eigenvalue weighted by molar-refractivity contribution is 5.94. The second-order valence-corrected chi connectivity index (χ2v) is 3.48. The van der Waals surface area contributed by atoms with Crippen molar-refractivity contribution in [2.45, 2.75) is 5.92 Å². The minimum Gasteiger partial charge on any atom is -0.464 e. The average Bonchev–Trinajstić information content (AvgIpc) is 2.64. The Labute approximate surface area is 80.7 Å². The van der Waals surface area contributed by atoms with Crippen LogP contribution in [0.15, 0.2) is 34.9 Å².